The van der Waals surface area contributed by atoms with E-state index >= 15 is 0 Å². The highest BCUT2D eigenvalue weighted by Gasteiger charge is 2.49. The van der Waals surface area contributed by atoms with Crippen molar-refractivity contribution in [3.63, 3.8) is 0 Å². The number of hydrogen-bond acceptors (Lipinski definition) is 3. The number of ether oxygens (including phenoxy) is 2. The van der Waals surface area contributed by atoms with Gasteiger partial charge in [-0.3, -0.25) is 4.79 Å². The van der Waals surface area contributed by atoms with Crippen molar-refractivity contribution in [1.29, 1.82) is 0 Å². The van der Waals surface area contributed by atoms with Crippen LogP contribution < -0.4 is 9.47 Å². The predicted molar refractivity (Wildman–Crippen MR) is 59.6 cm³/mol. The lowest BCUT2D eigenvalue weighted by Crippen LogP contribution is -2.36. The Kier molecular flexibility index (Phi) is 4.39. The fraction of sp³-hybridized carbons (Fsp3) is 0.417. The average molecular weight is 280 g/mol. The molecule has 0 amide bonds. The van der Waals surface area contributed by atoms with Gasteiger partial charge < -0.3 is 9.47 Å². The van der Waals surface area contributed by atoms with Gasteiger partial charge in [-0.2, -0.15) is 8.78 Å². The first-order valence-electron chi connectivity index (χ1n) is 5.19. The summed E-state index contributed by atoms with van der Waals surface area (Å²) in [5.41, 5.74) is -0.425. The molecule has 0 atom stereocenters. The van der Waals surface area contributed by atoms with Gasteiger partial charge >= 0.3 is 12.3 Å². The normalized spacial score (nSPS) is 11.6. The smallest absolute Gasteiger partial charge is 0.368 e. The van der Waals surface area contributed by atoms with Crippen molar-refractivity contribution in [2.24, 2.45) is 0 Å². The number of carbonyl (C=O) groups is 1. The van der Waals surface area contributed by atoms with Gasteiger partial charge in [0, 0.05) is 5.56 Å². The van der Waals surface area contributed by atoms with Crippen LogP contribution in [-0.2, 0) is 0 Å². The zero-order chi connectivity index (χ0) is 14.8. The van der Waals surface area contributed by atoms with Crippen LogP contribution in [0.1, 0.15) is 15.9 Å². The van der Waals surface area contributed by atoms with Crippen LogP contribution >= 0.6 is 0 Å². The van der Waals surface area contributed by atoms with Gasteiger partial charge in [0.25, 0.3) is 0 Å². The molecule has 0 spiro atoms. The van der Waals surface area contributed by atoms with Gasteiger partial charge in [0.1, 0.15) is 0 Å². The third-order valence-corrected chi connectivity index (χ3v) is 2.55. The summed E-state index contributed by atoms with van der Waals surface area (Å²) in [5.74, 6) is -6.44. The van der Waals surface area contributed by atoms with Crippen LogP contribution in [0.2, 0.25) is 0 Å². The van der Waals surface area contributed by atoms with E-state index in [0.29, 0.717) is 0 Å². The Morgan fingerprint density at radius 2 is 1.63 bits per heavy atom. The lowest BCUT2D eigenvalue weighted by molar-refractivity contribution is -0.0958. The summed E-state index contributed by atoms with van der Waals surface area (Å²) in [7, 11) is 2.57. The quantitative estimate of drug-likeness (QED) is 0.614. The number of methoxy groups -OCH3 is 2. The fourth-order valence-corrected chi connectivity index (χ4v) is 1.50. The van der Waals surface area contributed by atoms with Crippen molar-refractivity contribution in [2.75, 3.05) is 14.2 Å². The van der Waals surface area contributed by atoms with E-state index < -0.39 is 23.7 Å². The number of benzene rings is 1. The van der Waals surface area contributed by atoms with Crippen molar-refractivity contribution in [3.8, 4) is 11.5 Å². The van der Waals surface area contributed by atoms with Crippen LogP contribution in [0.25, 0.3) is 0 Å². The molecular weight excluding hydrogens is 268 g/mol. The molecular formula is C12H12F4O3. The number of Topliss-reactive ketones (excluding diaryl/α,β-unsaturated/α-hetero) is 1. The molecule has 0 N–H and O–H groups in total. The van der Waals surface area contributed by atoms with Crippen molar-refractivity contribution >= 4 is 5.78 Å². The molecule has 0 unspecified atom stereocenters. The first-order valence-corrected chi connectivity index (χ1v) is 5.19. The number of alkyl halides is 4. The van der Waals surface area contributed by atoms with E-state index in [1.165, 1.54) is 27.2 Å². The number of carbonyl (C=O) groups excluding carboxylic acids is 1. The molecule has 0 aliphatic rings. The highest BCUT2D eigenvalue weighted by atomic mass is 19.3. The second-order valence-electron chi connectivity index (χ2n) is 3.77. The number of ketones is 1. The number of halogens is 4. The lowest BCUT2D eigenvalue weighted by atomic mass is 9.99. The molecule has 3 nitrogen and oxygen atoms in total. The Hall–Kier alpha value is -1.79. The summed E-state index contributed by atoms with van der Waals surface area (Å²) in [6.45, 7) is 1.34. The fourth-order valence-electron chi connectivity index (χ4n) is 1.50. The Morgan fingerprint density at radius 3 is 2.05 bits per heavy atom. The van der Waals surface area contributed by atoms with Gasteiger partial charge in [0.2, 0.25) is 5.78 Å². The maximum atomic E-state index is 13.1. The summed E-state index contributed by atoms with van der Waals surface area (Å²) in [4.78, 5) is 11.5. The monoisotopic (exact) mass is 280 g/mol. The molecule has 0 bridgehead atoms. The van der Waals surface area contributed by atoms with Crippen molar-refractivity contribution in [3.05, 3.63) is 23.3 Å². The second-order valence-corrected chi connectivity index (χ2v) is 3.77. The van der Waals surface area contributed by atoms with E-state index in [1.54, 1.807) is 0 Å². The van der Waals surface area contributed by atoms with Crippen molar-refractivity contribution in [1.82, 2.24) is 0 Å². The first-order chi connectivity index (χ1) is 8.75. The van der Waals surface area contributed by atoms with E-state index in [9.17, 15) is 22.4 Å². The minimum absolute atomic E-state index is 0.0153. The van der Waals surface area contributed by atoms with Crippen LogP contribution in [0.15, 0.2) is 12.1 Å². The molecule has 1 aromatic carbocycles. The third-order valence-electron chi connectivity index (χ3n) is 2.55. The molecule has 0 aliphatic carbocycles. The van der Waals surface area contributed by atoms with Crippen LogP contribution in [0.3, 0.4) is 0 Å². The molecule has 0 radical (unpaired) electrons. The third kappa shape index (κ3) is 2.80. The summed E-state index contributed by atoms with van der Waals surface area (Å²) >= 11 is 0. The number of aryl methyl sites for hydroxylation is 1. The molecule has 1 aromatic rings. The predicted octanol–water partition coefficient (Wildman–Crippen LogP) is 3.10. The van der Waals surface area contributed by atoms with Gasteiger partial charge in [0.15, 0.2) is 11.5 Å². The molecule has 0 heterocycles. The van der Waals surface area contributed by atoms with Gasteiger partial charge in [0.05, 0.1) is 14.2 Å². The summed E-state index contributed by atoms with van der Waals surface area (Å²) in [6, 6.07) is 2.24. The molecule has 1 rings (SSSR count). The van der Waals surface area contributed by atoms with Gasteiger partial charge in [-0.15, -0.1) is 0 Å². The van der Waals surface area contributed by atoms with Gasteiger partial charge in [-0.25, -0.2) is 8.78 Å². The lowest BCUT2D eigenvalue weighted by Gasteiger charge is -2.17. The first kappa shape index (κ1) is 15.3. The van der Waals surface area contributed by atoms with E-state index in [0.717, 1.165) is 6.07 Å². The standard InChI is InChI=1S/C12H12F4O3/c1-6-4-8(18-2)9(19-3)5-7(6)10(17)12(15,16)11(13)14/h4-5,11H,1-3H3. The van der Waals surface area contributed by atoms with Gasteiger partial charge in [-0.05, 0) is 24.6 Å². The maximum absolute atomic E-state index is 13.1. The zero-order valence-corrected chi connectivity index (χ0v) is 10.5. The Morgan fingerprint density at radius 1 is 1.16 bits per heavy atom. The average Bonchev–Trinajstić information content (AvgIpc) is 2.37. The molecule has 0 fully saturated rings. The molecule has 0 aromatic heterocycles. The Bertz CT molecular complexity index is 486. The molecule has 0 aliphatic heterocycles. The van der Waals surface area contributed by atoms with E-state index in [-0.39, 0.29) is 17.1 Å². The van der Waals surface area contributed by atoms with Crippen LogP contribution in [0.4, 0.5) is 17.6 Å². The number of rotatable bonds is 5. The molecule has 0 saturated carbocycles. The minimum atomic E-state index is -4.73. The van der Waals surface area contributed by atoms with E-state index in [2.05, 4.69) is 0 Å². The van der Waals surface area contributed by atoms with Crippen molar-refractivity contribution in [2.45, 2.75) is 19.3 Å². The van der Waals surface area contributed by atoms with Crippen molar-refractivity contribution < 1.29 is 31.8 Å². The van der Waals surface area contributed by atoms with Crippen LogP contribution in [0, 0.1) is 6.92 Å². The molecule has 19 heavy (non-hydrogen) atoms. The molecule has 7 heteroatoms. The Labute approximate surface area is 107 Å². The largest absolute Gasteiger partial charge is 0.493 e. The second kappa shape index (κ2) is 5.46. The topological polar surface area (TPSA) is 35.5 Å². The number of hydrogen-bond donors (Lipinski definition) is 0. The highest BCUT2D eigenvalue weighted by Crippen LogP contribution is 2.34. The van der Waals surface area contributed by atoms with E-state index in [1.807, 2.05) is 0 Å². The SMILES string of the molecule is COc1cc(C)c(C(=O)C(F)(F)C(F)F)cc1OC. The maximum Gasteiger partial charge on any atom is 0.368 e. The summed E-state index contributed by atoms with van der Waals surface area (Å²) in [5, 5.41) is 0. The Balaban J connectivity index is 3.32. The van der Waals surface area contributed by atoms with Crippen LogP contribution in [0.5, 0.6) is 11.5 Å². The van der Waals surface area contributed by atoms with Gasteiger partial charge in [-0.1, -0.05) is 0 Å². The van der Waals surface area contributed by atoms with E-state index in [4.69, 9.17) is 9.47 Å². The minimum Gasteiger partial charge on any atom is -0.493 e. The molecule has 0 saturated heterocycles. The molecule has 106 valence electrons. The highest BCUT2D eigenvalue weighted by molar-refractivity contribution is 6.03. The van der Waals surface area contributed by atoms with Crippen LogP contribution in [-0.4, -0.2) is 32.4 Å². The summed E-state index contributed by atoms with van der Waals surface area (Å²) < 4.78 is 60.2. The summed E-state index contributed by atoms with van der Waals surface area (Å²) in [6.07, 6.45) is -4.06. The zero-order valence-electron chi connectivity index (χ0n) is 10.5.